The van der Waals surface area contributed by atoms with Gasteiger partial charge in [0, 0.05) is 5.56 Å². The van der Waals surface area contributed by atoms with Crippen molar-refractivity contribution in [2.45, 2.75) is 32.0 Å². The maximum absolute atomic E-state index is 11.9. The highest BCUT2D eigenvalue weighted by molar-refractivity contribution is 9.10. The van der Waals surface area contributed by atoms with Crippen molar-refractivity contribution >= 4 is 21.7 Å². The number of halogens is 1. The maximum Gasteiger partial charge on any atom is 0.176 e. The number of carbonyl (C=O) groups is 1. The van der Waals surface area contributed by atoms with E-state index in [1.54, 1.807) is 0 Å². The molecular formula is C12H15BrO. The van der Waals surface area contributed by atoms with Gasteiger partial charge in [0.25, 0.3) is 0 Å². The molecule has 0 spiro atoms. The van der Waals surface area contributed by atoms with E-state index in [9.17, 15) is 4.79 Å². The molecule has 1 nitrogen and oxygen atoms in total. The highest BCUT2D eigenvalue weighted by atomic mass is 79.9. The summed E-state index contributed by atoms with van der Waals surface area (Å²) in [5.74, 6) is 0.181. The van der Waals surface area contributed by atoms with E-state index in [-0.39, 0.29) is 10.6 Å². The molecule has 0 aromatic heterocycles. The fourth-order valence-electron chi connectivity index (χ4n) is 1.57. The van der Waals surface area contributed by atoms with Crippen molar-refractivity contribution in [3.05, 3.63) is 34.9 Å². The lowest BCUT2D eigenvalue weighted by atomic mass is 9.95. The van der Waals surface area contributed by atoms with Crippen LogP contribution in [0, 0.1) is 6.92 Å². The number of hydrogen-bond acceptors (Lipinski definition) is 1. The first-order chi connectivity index (χ1) is 6.57. The number of aryl methyl sites for hydroxylation is 2. The van der Waals surface area contributed by atoms with E-state index in [4.69, 9.17) is 0 Å². The quantitative estimate of drug-likeness (QED) is 0.596. The second kappa shape index (κ2) is 4.74. The minimum Gasteiger partial charge on any atom is -0.293 e. The first-order valence-electron chi connectivity index (χ1n) is 4.84. The van der Waals surface area contributed by atoms with Gasteiger partial charge in [0.05, 0.1) is 4.83 Å². The van der Waals surface area contributed by atoms with Crippen LogP contribution in [-0.4, -0.2) is 10.6 Å². The van der Waals surface area contributed by atoms with Crippen LogP contribution in [0.1, 0.15) is 35.3 Å². The Morgan fingerprint density at radius 3 is 2.64 bits per heavy atom. The summed E-state index contributed by atoms with van der Waals surface area (Å²) in [4.78, 5) is 11.8. The maximum atomic E-state index is 11.9. The molecule has 0 bridgehead atoms. The summed E-state index contributed by atoms with van der Waals surface area (Å²) in [6, 6.07) is 6.02. The molecule has 1 aromatic carbocycles. The van der Waals surface area contributed by atoms with E-state index in [0.29, 0.717) is 0 Å². The smallest absolute Gasteiger partial charge is 0.176 e. The molecule has 14 heavy (non-hydrogen) atoms. The van der Waals surface area contributed by atoms with Gasteiger partial charge >= 0.3 is 0 Å². The molecule has 2 heteroatoms. The van der Waals surface area contributed by atoms with Crippen molar-refractivity contribution in [1.82, 2.24) is 0 Å². The molecule has 0 amide bonds. The first-order valence-corrected chi connectivity index (χ1v) is 5.76. The van der Waals surface area contributed by atoms with Crippen LogP contribution in [0.4, 0.5) is 0 Å². The van der Waals surface area contributed by atoms with E-state index >= 15 is 0 Å². The number of ketones is 1. The molecule has 76 valence electrons. The number of Topliss-reactive ketones (excluding diaryl/α,β-unsaturated/α-hetero) is 1. The zero-order chi connectivity index (χ0) is 10.7. The Bertz CT molecular complexity index is 342. The molecule has 1 aromatic rings. The second-order valence-corrected chi connectivity index (χ2v) is 4.82. The summed E-state index contributed by atoms with van der Waals surface area (Å²) in [5.41, 5.74) is 3.10. The Hall–Kier alpha value is -0.630. The van der Waals surface area contributed by atoms with Crippen LogP contribution in [-0.2, 0) is 6.42 Å². The van der Waals surface area contributed by atoms with E-state index in [2.05, 4.69) is 22.9 Å². The van der Waals surface area contributed by atoms with Gasteiger partial charge in [-0.3, -0.25) is 4.79 Å². The predicted octanol–water partition coefficient (Wildman–Crippen LogP) is 3.52. The number of carbonyl (C=O) groups excluding carboxylic acids is 1. The molecule has 1 rings (SSSR count). The van der Waals surface area contributed by atoms with E-state index in [0.717, 1.165) is 23.1 Å². The second-order valence-electron chi connectivity index (χ2n) is 3.44. The van der Waals surface area contributed by atoms with Gasteiger partial charge in [-0.15, -0.1) is 0 Å². The molecule has 1 unspecified atom stereocenters. The number of rotatable bonds is 3. The fraction of sp³-hybridized carbons (Fsp3) is 0.417. The van der Waals surface area contributed by atoms with Crippen LogP contribution < -0.4 is 0 Å². The van der Waals surface area contributed by atoms with Gasteiger partial charge in [-0.2, -0.15) is 0 Å². The Morgan fingerprint density at radius 1 is 1.50 bits per heavy atom. The lowest BCUT2D eigenvalue weighted by Crippen LogP contribution is -2.14. The number of benzene rings is 1. The standard InChI is InChI=1S/C12H15BrO/c1-4-10-7-5-6-8(2)11(10)12(14)9(3)13/h5-7,9H,4H2,1-3H3. The van der Waals surface area contributed by atoms with Crippen molar-refractivity contribution in [1.29, 1.82) is 0 Å². The molecule has 1 atom stereocenters. The van der Waals surface area contributed by atoms with Gasteiger partial charge < -0.3 is 0 Å². The third-order valence-electron chi connectivity index (χ3n) is 2.35. The van der Waals surface area contributed by atoms with Crippen molar-refractivity contribution < 1.29 is 4.79 Å². The zero-order valence-electron chi connectivity index (χ0n) is 8.80. The Balaban J connectivity index is 3.23. The number of hydrogen-bond donors (Lipinski definition) is 0. The topological polar surface area (TPSA) is 17.1 Å². The summed E-state index contributed by atoms with van der Waals surface area (Å²) >= 11 is 3.32. The summed E-state index contributed by atoms with van der Waals surface area (Å²) < 4.78 is 0. The zero-order valence-corrected chi connectivity index (χ0v) is 10.4. The van der Waals surface area contributed by atoms with Gasteiger partial charge in [0.2, 0.25) is 0 Å². The fourth-order valence-corrected chi connectivity index (χ4v) is 1.80. The summed E-state index contributed by atoms with van der Waals surface area (Å²) in [7, 11) is 0. The third-order valence-corrected chi connectivity index (χ3v) is 2.76. The predicted molar refractivity (Wildman–Crippen MR) is 63.3 cm³/mol. The molecule has 0 aliphatic heterocycles. The number of alkyl halides is 1. The van der Waals surface area contributed by atoms with E-state index < -0.39 is 0 Å². The highest BCUT2D eigenvalue weighted by Crippen LogP contribution is 2.19. The molecule has 0 radical (unpaired) electrons. The molecule has 0 aliphatic rings. The Kier molecular flexibility index (Phi) is 3.87. The van der Waals surface area contributed by atoms with Crippen LogP contribution in [0.15, 0.2) is 18.2 Å². The SMILES string of the molecule is CCc1cccc(C)c1C(=O)C(C)Br. The Morgan fingerprint density at radius 2 is 2.14 bits per heavy atom. The molecule has 0 N–H and O–H groups in total. The molecule has 0 saturated carbocycles. The van der Waals surface area contributed by atoms with Crippen molar-refractivity contribution in [3.63, 3.8) is 0 Å². The summed E-state index contributed by atoms with van der Waals surface area (Å²) in [6.07, 6.45) is 0.905. The monoisotopic (exact) mass is 254 g/mol. The van der Waals surface area contributed by atoms with Crippen molar-refractivity contribution in [2.75, 3.05) is 0 Å². The van der Waals surface area contributed by atoms with Gasteiger partial charge in [-0.1, -0.05) is 41.1 Å². The van der Waals surface area contributed by atoms with Crippen molar-refractivity contribution in [2.24, 2.45) is 0 Å². The average molecular weight is 255 g/mol. The van der Waals surface area contributed by atoms with Crippen LogP contribution in [0.3, 0.4) is 0 Å². The van der Waals surface area contributed by atoms with Crippen LogP contribution in [0.25, 0.3) is 0 Å². The van der Waals surface area contributed by atoms with Gasteiger partial charge in [0.1, 0.15) is 0 Å². The molecule has 0 heterocycles. The van der Waals surface area contributed by atoms with Gasteiger partial charge in [-0.05, 0) is 31.4 Å². The minimum atomic E-state index is -0.103. The van der Waals surface area contributed by atoms with E-state index in [1.807, 2.05) is 32.0 Å². The normalized spacial score (nSPS) is 12.6. The van der Waals surface area contributed by atoms with E-state index in [1.165, 1.54) is 0 Å². The molecule has 0 aliphatic carbocycles. The largest absolute Gasteiger partial charge is 0.293 e. The lowest BCUT2D eigenvalue weighted by molar-refractivity contribution is 0.0994. The molecular weight excluding hydrogens is 240 g/mol. The molecule has 0 saturated heterocycles. The van der Waals surface area contributed by atoms with Crippen LogP contribution in [0.2, 0.25) is 0 Å². The summed E-state index contributed by atoms with van der Waals surface area (Å²) in [6.45, 7) is 5.93. The minimum absolute atomic E-state index is 0.103. The third kappa shape index (κ3) is 2.24. The van der Waals surface area contributed by atoms with Crippen LogP contribution >= 0.6 is 15.9 Å². The first kappa shape index (κ1) is 11.4. The Labute approximate surface area is 93.7 Å². The van der Waals surface area contributed by atoms with Gasteiger partial charge in [-0.25, -0.2) is 0 Å². The lowest BCUT2D eigenvalue weighted by Gasteiger charge is -2.11. The van der Waals surface area contributed by atoms with Gasteiger partial charge in [0.15, 0.2) is 5.78 Å². The summed E-state index contributed by atoms with van der Waals surface area (Å²) in [5, 5.41) is 0. The highest BCUT2D eigenvalue weighted by Gasteiger charge is 2.16. The average Bonchev–Trinajstić information content (AvgIpc) is 2.16. The van der Waals surface area contributed by atoms with Crippen molar-refractivity contribution in [3.8, 4) is 0 Å². The van der Waals surface area contributed by atoms with Crippen LogP contribution in [0.5, 0.6) is 0 Å². The molecule has 0 fully saturated rings.